The number of nitrogens with one attached hydrogen (secondary N) is 1. The van der Waals surface area contributed by atoms with E-state index in [0.717, 1.165) is 4.90 Å². The summed E-state index contributed by atoms with van der Waals surface area (Å²) < 4.78 is 14.0. The number of halogens is 1. The van der Waals surface area contributed by atoms with E-state index in [4.69, 9.17) is 5.73 Å². The first-order valence-corrected chi connectivity index (χ1v) is 7.25. The Morgan fingerprint density at radius 1 is 1.30 bits per heavy atom. The fourth-order valence-electron chi connectivity index (χ4n) is 1.90. The molecule has 0 radical (unpaired) electrons. The second-order valence-corrected chi connectivity index (χ2v) is 5.20. The summed E-state index contributed by atoms with van der Waals surface area (Å²) in [7, 11) is 0. The summed E-state index contributed by atoms with van der Waals surface area (Å²) in [5.74, 6) is -1.04. The zero-order valence-electron chi connectivity index (χ0n) is 11.2. The number of para-hydroxylation sites is 1. The monoisotopic (exact) mass is 290 g/mol. The molecule has 0 aliphatic heterocycles. The second-order valence-electron chi connectivity index (χ2n) is 4.35. The number of carbonyl (C=O) groups is 1. The molecule has 3 N–H and O–H groups in total. The van der Waals surface area contributed by atoms with E-state index in [2.05, 4.69) is 5.32 Å². The lowest BCUT2D eigenvalue weighted by Gasteiger charge is -2.11. The third kappa shape index (κ3) is 2.93. The number of hydrogen-bond donors (Lipinski definition) is 2. The zero-order chi connectivity index (χ0) is 14.7. The van der Waals surface area contributed by atoms with Crippen LogP contribution in [0.1, 0.15) is 15.9 Å². The van der Waals surface area contributed by atoms with Crippen molar-refractivity contribution in [3.05, 3.63) is 53.3 Å². The molecule has 0 spiro atoms. The average Bonchev–Trinajstić information content (AvgIpc) is 2.43. The van der Waals surface area contributed by atoms with Crippen LogP contribution in [-0.4, -0.2) is 12.2 Å². The molecule has 104 valence electrons. The molecule has 0 saturated heterocycles. The van der Waals surface area contributed by atoms with Gasteiger partial charge in [0.15, 0.2) is 0 Å². The lowest BCUT2D eigenvalue weighted by molar-refractivity contribution is 0.102. The van der Waals surface area contributed by atoms with Crippen LogP contribution in [0, 0.1) is 12.7 Å². The standard InChI is InChI=1S/C15H15FN2OS/c1-9-7-10(17)8-11(14(9)16)15(19)18-12-5-3-4-6-13(12)20-2/h3-8H,17H2,1-2H3,(H,18,19). The third-order valence-electron chi connectivity index (χ3n) is 2.88. The van der Waals surface area contributed by atoms with Gasteiger partial charge in [0.1, 0.15) is 5.82 Å². The Morgan fingerprint density at radius 3 is 2.70 bits per heavy atom. The Balaban J connectivity index is 2.33. The van der Waals surface area contributed by atoms with Crippen molar-refractivity contribution >= 4 is 29.0 Å². The Labute approximate surface area is 121 Å². The zero-order valence-corrected chi connectivity index (χ0v) is 12.1. The summed E-state index contributed by atoms with van der Waals surface area (Å²) in [6.45, 7) is 1.58. The van der Waals surface area contributed by atoms with E-state index in [1.54, 1.807) is 13.0 Å². The number of amides is 1. The minimum absolute atomic E-state index is 0.0431. The topological polar surface area (TPSA) is 55.1 Å². The summed E-state index contributed by atoms with van der Waals surface area (Å²) in [6, 6.07) is 10.2. The Hall–Kier alpha value is -2.01. The van der Waals surface area contributed by atoms with Crippen molar-refractivity contribution in [2.45, 2.75) is 11.8 Å². The number of rotatable bonds is 3. The molecule has 5 heteroatoms. The van der Waals surface area contributed by atoms with Crippen molar-refractivity contribution in [1.29, 1.82) is 0 Å². The third-order valence-corrected chi connectivity index (χ3v) is 3.67. The van der Waals surface area contributed by atoms with Crippen LogP contribution in [0.25, 0.3) is 0 Å². The molecule has 0 aromatic heterocycles. The fourth-order valence-corrected chi connectivity index (χ4v) is 2.45. The van der Waals surface area contributed by atoms with E-state index < -0.39 is 11.7 Å². The van der Waals surface area contributed by atoms with Gasteiger partial charge in [-0.1, -0.05) is 12.1 Å². The molecule has 0 aliphatic carbocycles. The van der Waals surface area contributed by atoms with Gasteiger partial charge in [-0.2, -0.15) is 0 Å². The highest BCUT2D eigenvalue weighted by Gasteiger charge is 2.15. The molecular weight excluding hydrogens is 275 g/mol. The summed E-state index contributed by atoms with van der Waals surface area (Å²) >= 11 is 1.51. The van der Waals surface area contributed by atoms with Gasteiger partial charge in [0.25, 0.3) is 5.91 Å². The number of anilines is 2. The number of nitrogen functional groups attached to an aromatic ring is 1. The summed E-state index contributed by atoms with van der Waals surface area (Å²) in [5.41, 5.74) is 7.00. The van der Waals surface area contributed by atoms with Crippen molar-refractivity contribution in [2.24, 2.45) is 0 Å². The maximum Gasteiger partial charge on any atom is 0.258 e. The highest BCUT2D eigenvalue weighted by molar-refractivity contribution is 7.98. The minimum Gasteiger partial charge on any atom is -0.399 e. The first-order valence-electron chi connectivity index (χ1n) is 6.03. The number of nitrogens with two attached hydrogens (primary N) is 1. The lowest BCUT2D eigenvalue weighted by atomic mass is 10.1. The van der Waals surface area contributed by atoms with E-state index in [1.165, 1.54) is 23.9 Å². The maximum absolute atomic E-state index is 14.0. The van der Waals surface area contributed by atoms with E-state index in [0.29, 0.717) is 16.9 Å². The van der Waals surface area contributed by atoms with Gasteiger partial charge in [-0.3, -0.25) is 4.79 Å². The van der Waals surface area contributed by atoms with Crippen molar-refractivity contribution in [3.63, 3.8) is 0 Å². The van der Waals surface area contributed by atoms with Crippen LogP contribution in [0.4, 0.5) is 15.8 Å². The largest absolute Gasteiger partial charge is 0.399 e. The molecule has 0 fully saturated rings. The van der Waals surface area contributed by atoms with Crippen LogP contribution in [0.5, 0.6) is 0 Å². The molecule has 0 saturated carbocycles. The predicted octanol–water partition coefficient (Wildman–Crippen LogP) is 3.69. The molecule has 0 heterocycles. The van der Waals surface area contributed by atoms with Crippen molar-refractivity contribution in [2.75, 3.05) is 17.3 Å². The molecule has 0 bridgehead atoms. The predicted molar refractivity (Wildman–Crippen MR) is 81.7 cm³/mol. The van der Waals surface area contributed by atoms with E-state index >= 15 is 0 Å². The number of benzene rings is 2. The molecule has 2 rings (SSSR count). The number of thioether (sulfide) groups is 1. The molecule has 1 amide bonds. The van der Waals surface area contributed by atoms with Crippen LogP contribution in [0.3, 0.4) is 0 Å². The average molecular weight is 290 g/mol. The molecule has 3 nitrogen and oxygen atoms in total. The lowest BCUT2D eigenvalue weighted by Crippen LogP contribution is -2.15. The molecule has 2 aromatic carbocycles. The van der Waals surface area contributed by atoms with Gasteiger partial charge in [-0.25, -0.2) is 4.39 Å². The van der Waals surface area contributed by atoms with Crippen LogP contribution in [0.2, 0.25) is 0 Å². The van der Waals surface area contributed by atoms with Gasteiger partial charge >= 0.3 is 0 Å². The van der Waals surface area contributed by atoms with Crippen molar-refractivity contribution in [3.8, 4) is 0 Å². The molecule has 2 aromatic rings. The molecule has 0 atom stereocenters. The SMILES string of the molecule is CSc1ccccc1NC(=O)c1cc(N)cc(C)c1F. The van der Waals surface area contributed by atoms with Crippen LogP contribution in [0.15, 0.2) is 41.3 Å². The van der Waals surface area contributed by atoms with E-state index in [1.807, 2.05) is 24.5 Å². The molecule has 0 aliphatic rings. The second kappa shape index (κ2) is 5.96. The highest BCUT2D eigenvalue weighted by Crippen LogP contribution is 2.26. The summed E-state index contributed by atoms with van der Waals surface area (Å²) in [4.78, 5) is 13.1. The van der Waals surface area contributed by atoms with Crippen molar-refractivity contribution in [1.82, 2.24) is 0 Å². The van der Waals surface area contributed by atoms with Gasteiger partial charge in [-0.15, -0.1) is 11.8 Å². The molecule has 20 heavy (non-hydrogen) atoms. The van der Waals surface area contributed by atoms with Gasteiger partial charge in [0.05, 0.1) is 11.3 Å². The van der Waals surface area contributed by atoms with E-state index in [-0.39, 0.29) is 5.56 Å². The number of hydrogen-bond acceptors (Lipinski definition) is 3. The Morgan fingerprint density at radius 2 is 2.00 bits per heavy atom. The molecule has 0 unspecified atom stereocenters. The molecular formula is C15H15FN2OS. The van der Waals surface area contributed by atoms with Crippen LogP contribution < -0.4 is 11.1 Å². The van der Waals surface area contributed by atoms with Gasteiger partial charge in [0.2, 0.25) is 0 Å². The smallest absolute Gasteiger partial charge is 0.258 e. The summed E-state index contributed by atoms with van der Waals surface area (Å²) in [6.07, 6.45) is 1.91. The van der Waals surface area contributed by atoms with Gasteiger partial charge in [-0.05, 0) is 43.0 Å². The first kappa shape index (κ1) is 14.4. The Kier molecular flexibility index (Phi) is 4.29. The Bertz CT molecular complexity index is 658. The normalized spacial score (nSPS) is 10.3. The van der Waals surface area contributed by atoms with Gasteiger partial charge in [0, 0.05) is 10.6 Å². The fraction of sp³-hybridized carbons (Fsp3) is 0.133. The summed E-state index contributed by atoms with van der Waals surface area (Å²) in [5, 5.41) is 2.72. The van der Waals surface area contributed by atoms with Gasteiger partial charge < -0.3 is 11.1 Å². The first-order chi connectivity index (χ1) is 9.52. The quantitative estimate of drug-likeness (QED) is 0.669. The van der Waals surface area contributed by atoms with Crippen molar-refractivity contribution < 1.29 is 9.18 Å². The number of carbonyl (C=O) groups excluding carboxylic acids is 1. The van der Waals surface area contributed by atoms with Crippen LogP contribution in [-0.2, 0) is 0 Å². The van der Waals surface area contributed by atoms with Crippen LogP contribution >= 0.6 is 11.8 Å². The number of aryl methyl sites for hydroxylation is 1. The minimum atomic E-state index is -0.543. The maximum atomic E-state index is 14.0. The van der Waals surface area contributed by atoms with E-state index in [9.17, 15) is 9.18 Å². The highest BCUT2D eigenvalue weighted by atomic mass is 32.2.